The highest BCUT2D eigenvalue weighted by atomic mass is 79.9. The van der Waals surface area contributed by atoms with Crippen LogP contribution in [0.1, 0.15) is 36.1 Å². The van der Waals surface area contributed by atoms with Crippen LogP contribution < -0.4 is 14.4 Å². The quantitative estimate of drug-likeness (QED) is 0.338. The molecule has 172 valence electrons. The molecule has 4 rings (SSSR count). The largest absolute Gasteiger partial charge is 0.493 e. The summed E-state index contributed by atoms with van der Waals surface area (Å²) in [6, 6.07) is 21.1. The molecule has 1 amide bonds. The summed E-state index contributed by atoms with van der Waals surface area (Å²) in [6.07, 6.45) is 1.89. The van der Waals surface area contributed by atoms with Crippen molar-refractivity contribution in [2.75, 3.05) is 18.6 Å². The number of fused-ring (bicyclic) bond motifs is 1. The molecule has 1 aliphatic rings. The van der Waals surface area contributed by atoms with Gasteiger partial charge in [-0.25, -0.2) is 0 Å². The minimum Gasteiger partial charge on any atom is -0.493 e. The van der Waals surface area contributed by atoms with E-state index in [1.54, 1.807) is 13.2 Å². The third-order valence-corrected chi connectivity index (χ3v) is 6.30. The lowest BCUT2D eigenvalue weighted by Gasteiger charge is -2.19. The SMILES string of the molecule is COc1cc(/C=C2\C(=O)N(CC(C)C)c3ccccc32)c(Br)cc1OCc1ccccc1C#N. The number of anilines is 1. The summed E-state index contributed by atoms with van der Waals surface area (Å²) in [5.74, 6) is 1.44. The summed E-state index contributed by atoms with van der Waals surface area (Å²) in [4.78, 5) is 15.2. The molecule has 34 heavy (non-hydrogen) atoms. The normalized spacial score (nSPS) is 13.8. The molecular formula is C28H25BrN2O3. The molecular weight excluding hydrogens is 492 g/mol. The van der Waals surface area contributed by atoms with Gasteiger partial charge in [0.15, 0.2) is 11.5 Å². The van der Waals surface area contributed by atoms with Crippen molar-refractivity contribution in [3.05, 3.63) is 87.4 Å². The lowest BCUT2D eigenvalue weighted by atomic mass is 10.0. The zero-order valence-electron chi connectivity index (χ0n) is 19.3. The summed E-state index contributed by atoms with van der Waals surface area (Å²) in [5, 5.41) is 9.32. The van der Waals surface area contributed by atoms with Gasteiger partial charge < -0.3 is 14.4 Å². The standard InChI is InChI=1S/C28H25BrN2O3/c1-18(2)16-31-25-11-7-6-10-22(25)23(28(31)32)12-21-13-26(33-3)27(14-24(21)29)34-17-20-9-5-4-8-19(20)15-30/h4-14,18H,16-17H2,1-3H3/b23-12-. The van der Waals surface area contributed by atoms with Gasteiger partial charge in [0.25, 0.3) is 5.91 Å². The molecule has 0 radical (unpaired) electrons. The van der Waals surface area contributed by atoms with Crippen LogP contribution in [-0.4, -0.2) is 19.6 Å². The molecule has 0 aliphatic carbocycles. The highest BCUT2D eigenvalue weighted by molar-refractivity contribution is 9.10. The van der Waals surface area contributed by atoms with E-state index in [0.717, 1.165) is 26.9 Å². The van der Waals surface area contributed by atoms with Crippen LogP contribution in [0.3, 0.4) is 0 Å². The lowest BCUT2D eigenvalue weighted by molar-refractivity contribution is -0.113. The zero-order chi connectivity index (χ0) is 24.2. The van der Waals surface area contributed by atoms with E-state index in [2.05, 4.69) is 35.8 Å². The highest BCUT2D eigenvalue weighted by Gasteiger charge is 2.32. The Morgan fingerprint density at radius 1 is 1.09 bits per heavy atom. The maximum Gasteiger partial charge on any atom is 0.259 e. The van der Waals surface area contributed by atoms with Gasteiger partial charge in [-0.1, -0.05) is 66.2 Å². The predicted octanol–water partition coefficient (Wildman–Crippen LogP) is 6.45. The molecule has 0 saturated heterocycles. The summed E-state index contributed by atoms with van der Waals surface area (Å²) in [5.41, 5.74) is 4.69. The summed E-state index contributed by atoms with van der Waals surface area (Å²) < 4.78 is 12.4. The van der Waals surface area contributed by atoms with Crippen LogP contribution in [0.5, 0.6) is 11.5 Å². The molecule has 5 nitrogen and oxygen atoms in total. The topological polar surface area (TPSA) is 62.6 Å². The molecule has 0 spiro atoms. The molecule has 0 bridgehead atoms. The highest BCUT2D eigenvalue weighted by Crippen LogP contribution is 2.41. The van der Waals surface area contributed by atoms with Gasteiger partial charge >= 0.3 is 0 Å². The molecule has 0 unspecified atom stereocenters. The second-order valence-corrected chi connectivity index (χ2v) is 9.32. The van der Waals surface area contributed by atoms with Crippen LogP contribution in [0.4, 0.5) is 5.69 Å². The Balaban J connectivity index is 1.67. The fourth-order valence-corrected chi connectivity index (χ4v) is 4.43. The van der Waals surface area contributed by atoms with E-state index < -0.39 is 0 Å². The Morgan fingerprint density at radius 3 is 2.56 bits per heavy atom. The molecule has 0 saturated carbocycles. The molecule has 6 heteroatoms. The predicted molar refractivity (Wildman–Crippen MR) is 138 cm³/mol. The molecule has 1 heterocycles. The number of para-hydroxylation sites is 1. The van der Waals surface area contributed by atoms with E-state index in [1.807, 2.05) is 65.6 Å². The van der Waals surface area contributed by atoms with Crippen LogP contribution in [0, 0.1) is 17.2 Å². The number of hydrogen-bond donors (Lipinski definition) is 0. The van der Waals surface area contributed by atoms with Crippen molar-refractivity contribution in [1.29, 1.82) is 5.26 Å². The fraction of sp³-hybridized carbons (Fsp3) is 0.214. The van der Waals surface area contributed by atoms with E-state index in [-0.39, 0.29) is 12.5 Å². The molecule has 3 aromatic carbocycles. The number of carbonyl (C=O) groups is 1. The van der Waals surface area contributed by atoms with Gasteiger partial charge in [-0.2, -0.15) is 5.26 Å². The number of hydrogen-bond acceptors (Lipinski definition) is 4. The first-order chi connectivity index (χ1) is 16.4. The van der Waals surface area contributed by atoms with Crippen LogP contribution in [0.2, 0.25) is 0 Å². The maximum atomic E-state index is 13.3. The van der Waals surface area contributed by atoms with Gasteiger partial charge in [-0.3, -0.25) is 4.79 Å². The number of amides is 1. The second kappa shape index (κ2) is 10.1. The number of rotatable bonds is 7. The third kappa shape index (κ3) is 4.71. The van der Waals surface area contributed by atoms with Crippen LogP contribution in [0.25, 0.3) is 11.6 Å². The summed E-state index contributed by atoms with van der Waals surface area (Å²) in [6.45, 7) is 5.11. The van der Waals surface area contributed by atoms with Gasteiger partial charge in [0.05, 0.1) is 24.4 Å². The summed E-state index contributed by atoms with van der Waals surface area (Å²) in [7, 11) is 1.58. The molecule has 1 aliphatic heterocycles. The van der Waals surface area contributed by atoms with Gasteiger partial charge in [0.2, 0.25) is 0 Å². The molecule has 0 N–H and O–H groups in total. The average molecular weight is 517 g/mol. The van der Waals surface area contributed by atoms with Crippen LogP contribution in [-0.2, 0) is 11.4 Å². The molecule has 0 fully saturated rings. The average Bonchev–Trinajstić information content (AvgIpc) is 3.09. The monoisotopic (exact) mass is 516 g/mol. The number of halogens is 1. The first-order valence-corrected chi connectivity index (χ1v) is 11.8. The van der Waals surface area contributed by atoms with Gasteiger partial charge in [0.1, 0.15) is 6.61 Å². The number of nitrogens with zero attached hydrogens (tertiary/aromatic N) is 2. The molecule has 0 aromatic heterocycles. The number of ether oxygens (including phenoxy) is 2. The van der Waals surface area contributed by atoms with E-state index >= 15 is 0 Å². The third-order valence-electron chi connectivity index (χ3n) is 5.61. The van der Waals surface area contributed by atoms with Crippen molar-refractivity contribution >= 4 is 39.2 Å². The Morgan fingerprint density at radius 2 is 1.82 bits per heavy atom. The van der Waals surface area contributed by atoms with Crippen molar-refractivity contribution in [2.24, 2.45) is 5.92 Å². The van der Waals surface area contributed by atoms with E-state index in [1.165, 1.54) is 0 Å². The van der Waals surface area contributed by atoms with Crippen LogP contribution >= 0.6 is 15.9 Å². The fourth-order valence-electron chi connectivity index (χ4n) is 3.99. The Hall–Kier alpha value is -3.56. The smallest absolute Gasteiger partial charge is 0.259 e. The van der Waals surface area contributed by atoms with Crippen molar-refractivity contribution in [1.82, 2.24) is 0 Å². The van der Waals surface area contributed by atoms with Crippen LogP contribution in [0.15, 0.2) is 65.1 Å². The van der Waals surface area contributed by atoms with Gasteiger partial charge in [0, 0.05) is 27.7 Å². The van der Waals surface area contributed by atoms with Crippen molar-refractivity contribution in [2.45, 2.75) is 20.5 Å². The Kier molecular flexibility index (Phi) is 7.04. The number of nitriles is 1. The number of benzene rings is 3. The lowest BCUT2D eigenvalue weighted by Crippen LogP contribution is -2.30. The van der Waals surface area contributed by atoms with Gasteiger partial charge in [-0.15, -0.1) is 0 Å². The summed E-state index contributed by atoms with van der Waals surface area (Å²) >= 11 is 3.63. The molecule has 0 atom stereocenters. The van der Waals surface area contributed by atoms with Crippen molar-refractivity contribution < 1.29 is 14.3 Å². The van der Waals surface area contributed by atoms with E-state index in [0.29, 0.717) is 35.1 Å². The minimum absolute atomic E-state index is 0.00537. The van der Waals surface area contributed by atoms with Crippen molar-refractivity contribution in [3.8, 4) is 17.6 Å². The number of methoxy groups -OCH3 is 1. The zero-order valence-corrected chi connectivity index (χ0v) is 20.9. The minimum atomic E-state index is -0.00537. The van der Waals surface area contributed by atoms with E-state index in [4.69, 9.17) is 9.47 Å². The van der Waals surface area contributed by atoms with Gasteiger partial charge in [-0.05, 0) is 41.8 Å². The first kappa shape index (κ1) is 23.6. The van der Waals surface area contributed by atoms with E-state index in [9.17, 15) is 10.1 Å². The number of carbonyl (C=O) groups excluding carboxylic acids is 1. The first-order valence-electron chi connectivity index (χ1n) is 11.0. The van der Waals surface area contributed by atoms with Crippen molar-refractivity contribution in [3.63, 3.8) is 0 Å². The molecule has 3 aromatic rings. The second-order valence-electron chi connectivity index (χ2n) is 8.47. The maximum absolute atomic E-state index is 13.3. The Labute approximate surface area is 208 Å². The Bertz CT molecular complexity index is 1310.